The molecular formula is C49H63N. The van der Waals surface area contributed by atoms with E-state index in [1.807, 2.05) is 0 Å². The maximum atomic E-state index is 2.65. The first-order valence-corrected chi connectivity index (χ1v) is 20.1. The van der Waals surface area contributed by atoms with Crippen LogP contribution in [0.1, 0.15) is 142 Å². The highest BCUT2D eigenvalue weighted by Crippen LogP contribution is 2.35. The molecule has 0 heterocycles. The minimum atomic E-state index is 1.08. The fraction of sp³-hybridized carbons (Fsp3) is 0.429. The Labute approximate surface area is 305 Å². The Kier molecular flexibility index (Phi) is 15.1. The number of anilines is 1. The molecule has 0 N–H and O–H groups in total. The van der Waals surface area contributed by atoms with Gasteiger partial charge in [0.05, 0.1) is 0 Å². The van der Waals surface area contributed by atoms with Gasteiger partial charge in [0.15, 0.2) is 0 Å². The smallest absolute Gasteiger partial charge is 0.0366 e. The van der Waals surface area contributed by atoms with Crippen molar-refractivity contribution in [2.45, 2.75) is 124 Å². The summed E-state index contributed by atoms with van der Waals surface area (Å²) in [6.45, 7) is 11.4. The van der Waals surface area contributed by atoms with Crippen LogP contribution >= 0.6 is 0 Å². The molecule has 0 spiro atoms. The quantitative estimate of drug-likeness (QED) is 0.0671. The van der Waals surface area contributed by atoms with Crippen molar-refractivity contribution in [1.82, 2.24) is 0 Å². The molecule has 0 bridgehead atoms. The first-order valence-electron chi connectivity index (χ1n) is 20.1. The Bertz CT molecular complexity index is 1650. The number of fused-ring (bicyclic) bond motifs is 3. The van der Waals surface area contributed by atoms with Crippen molar-refractivity contribution < 1.29 is 0 Å². The van der Waals surface area contributed by atoms with Crippen LogP contribution in [0.5, 0.6) is 0 Å². The highest BCUT2D eigenvalue weighted by atomic mass is 15.1. The van der Waals surface area contributed by atoms with Crippen LogP contribution in [-0.4, -0.2) is 13.1 Å². The number of nitrogens with zero attached hydrogens (tertiary/aromatic N) is 1. The van der Waals surface area contributed by atoms with Crippen LogP contribution in [0.3, 0.4) is 0 Å². The van der Waals surface area contributed by atoms with Gasteiger partial charge in [-0.15, -0.1) is 0 Å². The van der Waals surface area contributed by atoms with E-state index in [0.29, 0.717) is 0 Å². The van der Waals surface area contributed by atoms with Crippen LogP contribution < -0.4 is 4.90 Å². The van der Waals surface area contributed by atoms with Gasteiger partial charge in [-0.05, 0) is 107 Å². The van der Waals surface area contributed by atoms with Gasteiger partial charge in [-0.25, -0.2) is 0 Å². The van der Waals surface area contributed by atoms with E-state index in [1.165, 1.54) is 151 Å². The van der Waals surface area contributed by atoms with Crippen molar-refractivity contribution in [2.75, 3.05) is 18.0 Å². The molecule has 0 aromatic heterocycles. The van der Waals surface area contributed by atoms with Gasteiger partial charge >= 0.3 is 0 Å². The zero-order chi connectivity index (χ0) is 35.0. The zero-order valence-electron chi connectivity index (χ0n) is 31.8. The van der Waals surface area contributed by atoms with E-state index in [9.17, 15) is 0 Å². The summed E-state index contributed by atoms with van der Waals surface area (Å²) in [5.74, 6) is 0. The second-order valence-electron chi connectivity index (χ2n) is 14.7. The summed E-state index contributed by atoms with van der Waals surface area (Å²) in [7, 11) is 0. The molecule has 0 unspecified atom stereocenters. The Morgan fingerprint density at radius 1 is 0.480 bits per heavy atom. The number of unbranched alkanes of at least 4 members (excludes halogenated alkanes) is 10. The molecule has 5 rings (SSSR count). The van der Waals surface area contributed by atoms with Crippen LogP contribution in [0.4, 0.5) is 5.69 Å². The largest absolute Gasteiger partial charge is 0.372 e. The number of hydrogen-bond donors (Lipinski definition) is 0. The maximum absolute atomic E-state index is 2.65. The molecule has 1 heteroatoms. The van der Waals surface area contributed by atoms with Crippen LogP contribution in [0, 0.1) is 6.92 Å². The minimum absolute atomic E-state index is 1.08. The summed E-state index contributed by atoms with van der Waals surface area (Å²) in [6, 6.07) is 30.1. The summed E-state index contributed by atoms with van der Waals surface area (Å²) in [5.41, 5.74) is 15.0. The van der Waals surface area contributed by atoms with Gasteiger partial charge in [0.2, 0.25) is 0 Å². The van der Waals surface area contributed by atoms with Crippen molar-refractivity contribution in [3.8, 4) is 11.1 Å². The highest BCUT2D eigenvalue weighted by Gasteiger charge is 2.16. The molecular weight excluding hydrogens is 603 g/mol. The number of hydrogen-bond acceptors (Lipinski definition) is 1. The average Bonchev–Trinajstić information content (AvgIpc) is 3.15. The molecule has 1 aliphatic carbocycles. The van der Waals surface area contributed by atoms with Gasteiger partial charge in [0.1, 0.15) is 0 Å². The average molecular weight is 666 g/mol. The van der Waals surface area contributed by atoms with Crippen molar-refractivity contribution in [3.05, 3.63) is 123 Å². The Morgan fingerprint density at radius 3 is 1.44 bits per heavy atom. The molecule has 4 aromatic rings. The van der Waals surface area contributed by atoms with Gasteiger partial charge in [0, 0.05) is 18.8 Å². The molecule has 0 saturated heterocycles. The number of rotatable bonds is 20. The fourth-order valence-corrected chi connectivity index (χ4v) is 7.54. The lowest BCUT2D eigenvalue weighted by Crippen LogP contribution is -2.25. The Hall–Kier alpha value is -3.84. The number of aryl methyl sites for hydroxylation is 4. The summed E-state index contributed by atoms with van der Waals surface area (Å²) in [6.07, 6.45) is 28.6. The second kappa shape index (κ2) is 20.1. The molecule has 0 radical (unpaired) electrons. The maximum Gasteiger partial charge on any atom is 0.0366 e. The molecule has 0 aliphatic heterocycles. The molecule has 1 aliphatic rings. The van der Waals surface area contributed by atoms with E-state index < -0.39 is 0 Å². The third-order valence-electron chi connectivity index (χ3n) is 10.7. The minimum Gasteiger partial charge on any atom is -0.372 e. The van der Waals surface area contributed by atoms with Crippen LogP contribution in [0.15, 0.2) is 78.9 Å². The van der Waals surface area contributed by atoms with E-state index in [4.69, 9.17) is 0 Å². The molecule has 1 nitrogen and oxygen atoms in total. The normalized spacial score (nSPS) is 12.5. The molecule has 0 fully saturated rings. The predicted molar refractivity (Wildman–Crippen MR) is 223 cm³/mol. The van der Waals surface area contributed by atoms with Crippen molar-refractivity contribution in [2.24, 2.45) is 0 Å². The second-order valence-corrected chi connectivity index (χ2v) is 14.7. The molecule has 264 valence electrons. The van der Waals surface area contributed by atoms with Crippen molar-refractivity contribution in [1.29, 1.82) is 0 Å². The van der Waals surface area contributed by atoms with Gasteiger partial charge in [-0.3, -0.25) is 0 Å². The monoisotopic (exact) mass is 665 g/mol. The predicted octanol–water partition coefficient (Wildman–Crippen LogP) is 14.2. The van der Waals surface area contributed by atoms with Crippen LogP contribution in [-0.2, 0) is 19.3 Å². The van der Waals surface area contributed by atoms with Gasteiger partial charge < -0.3 is 4.90 Å². The summed E-state index contributed by atoms with van der Waals surface area (Å²) < 4.78 is 0. The molecule has 4 aromatic carbocycles. The Balaban J connectivity index is 1.20. The SMILES string of the molecule is CCCCCCCCN(CCCCCCCC)c1ccc(/C=C/c2ccc3c(c2)CCc2cc(/C=C/c4ccc(C)c(CC)c4)ccc2-3)cc1. The molecule has 0 saturated carbocycles. The van der Waals surface area contributed by atoms with E-state index in [1.54, 1.807) is 0 Å². The summed E-state index contributed by atoms with van der Waals surface area (Å²) in [5, 5.41) is 0. The van der Waals surface area contributed by atoms with E-state index in [2.05, 4.69) is 136 Å². The highest BCUT2D eigenvalue weighted by molar-refractivity contribution is 5.79. The van der Waals surface area contributed by atoms with Gasteiger partial charge in [0.25, 0.3) is 0 Å². The van der Waals surface area contributed by atoms with Gasteiger partial charge in [-0.2, -0.15) is 0 Å². The lowest BCUT2D eigenvalue weighted by Gasteiger charge is -2.25. The third kappa shape index (κ3) is 11.1. The van der Waals surface area contributed by atoms with Crippen LogP contribution in [0.2, 0.25) is 0 Å². The molecule has 0 amide bonds. The van der Waals surface area contributed by atoms with E-state index in [-0.39, 0.29) is 0 Å². The summed E-state index contributed by atoms with van der Waals surface area (Å²) >= 11 is 0. The van der Waals surface area contributed by atoms with Gasteiger partial charge in [-0.1, -0.05) is 176 Å². The first kappa shape index (κ1) is 37.4. The van der Waals surface area contributed by atoms with Crippen LogP contribution in [0.25, 0.3) is 35.4 Å². The molecule has 50 heavy (non-hydrogen) atoms. The first-order chi connectivity index (χ1) is 24.6. The summed E-state index contributed by atoms with van der Waals surface area (Å²) in [4.78, 5) is 2.65. The number of benzene rings is 4. The topological polar surface area (TPSA) is 3.24 Å². The van der Waals surface area contributed by atoms with E-state index in [0.717, 1.165) is 19.3 Å². The van der Waals surface area contributed by atoms with Crippen molar-refractivity contribution in [3.63, 3.8) is 0 Å². The fourth-order valence-electron chi connectivity index (χ4n) is 7.54. The van der Waals surface area contributed by atoms with Crippen molar-refractivity contribution >= 4 is 30.0 Å². The zero-order valence-corrected chi connectivity index (χ0v) is 31.8. The molecule has 0 atom stereocenters. The third-order valence-corrected chi connectivity index (χ3v) is 10.7. The lowest BCUT2D eigenvalue weighted by atomic mass is 9.84. The Morgan fingerprint density at radius 2 is 0.920 bits per heavy atom. The van der Waals surface area contributed by atoms with E-state index >= 15 is 0 Å². The lowest BCUT2D eigenvalue weighted by molar-refractivity contribution is 0.575. The standard InChI is InChI=1S/C49H63N/c1-5-8-10-12-14-16-34-50(35-17-15-13-11-9-6-2)47-30-24-40(25-31-47)20-21-42-26-32-48-45(37-42)28-29-46-38-43(27-33-49(46)48)23-22-41-19-18-39(4)44(7-3)36-41/h18-27,30-33,36-38H,5-17,28-29,34-35H2,1-4H3/b21-20+,23-22+.